The van der Waals surface area contributed by atoms with E-state index in [1.165, 1.54) is 0 Å². The second-order valence-corrected chi connectivity index (χ2v) is 4.90. The minimum Gasteiger partial charge on any atom is -0.369 e. The Morgan fingerprint density at radius 3 is 2.56 bits per heavy atom. The van der Waals surface area contributed by atoms with Crippen LogP contribution in [0.4, 0.5) is 10.1 Å². The number of unbranched alkanes of at least 4 members (excludes halogenated alkanes) is 1. The van der Waals surface area contributed by atoms with Gasteiger partial charge >= 0.3 is 0 Å². The Kier molecular flexibility index (Phi) is 6.13. The molecule has 1 rings (SSSR count). The van der Waals surface area contributed by atoms with Crippen molar-refractivity contribution in [3.05, 3.63) is 29.6 Å². The summed E-state index contributed by atoms with van der Waals surface area (Å²) in [5, 5.41) is 0. The maximum absolute atomic E-state index is 14.1. The van der Waals surface area contributed by atoms with Gasteiger partial charge in [0.05, 0.1) is 5.69 Å². The van der Waals surface area contributed by atoms with Crippen molar-refractivity contribution >= 4 is 5.69 Å². The second kappa shape index (κ2) is 7.37. The van der Waals surface area contributed by atoms with Crippen LogP contribution < -0.4 is 10.6 Å². The van der Waals surface area contributed by atoms with E-state index in [1.54, 1.807) is 6.07 Å². The quantitative estimate of drug-likeness (QED) is 0.806. The van der Waals surface area contributed by atoms with Gasteiger partial charge < -0.3 is 10.6 Å². The Bertz CT molecular complexity index is 364. The Morgan fingerprint density at radius 1 is 1.33 bits per heavy atom. The molecule has 0 heterocycles. The van der Waals surface area contributed by atoms with Crippen molar-refractivity contribution in [1.82, 2.24) is 0 Å². The largest absolute Gasteiger partial charge is 0.369 e. The molecule has 0 saturated carbocycles. The number of nitrogens with two attached hydrogens (primary N) is 1. The van der Waals surface area contributed by atoms with E-state index in [4.69, 9.17) is 5.73 Å². The number of hydrogen-bond acceptors (Lipinski definition) is 2. The molecule has 1 atom stereocenters. The zero-order valence-electron chi connectivity index (χ0n) is 11.7. The highest BCUT2D eigenvalue weighted by atomic mass is 19.1. The van der Waals surface area contributed by atoms with Crippen molar-refractivity contribution in [1.29, 1.82) is 0 Å². The number of hydrogen-bond donors (Lipinski definition) is 1. The van der Waals surface area contributed by atoms with Crippen LogP contribution in [0.1, 0.15) is 39.2 Å². The fourth-order valence-electron chi connectivity index (χ4n) is 2.10. The molecule has 0 amide bonds. The van der Waals surface area contributed by atoms with Crippen LogP contribution in [0.15, 0.2) is 18.2 Å². The molecule has 0 fully saturated rings. The summed E-state index contributed by atoms with van der Waals surface area (Å²) in [6.45, 7) is 7.90. The molecule has 1 unspecified atom stereocenters. The normalized spacial score (nSPS) is 12.5. The van der Waals surface area contributed by atoms with Gasteiger partial charge in [0.15, 0.2) is 0 Å². The lowest BCUT2D eigenvalue weighted by Gasteiger charge is -2.23. The molecule has 0 spiro atoms. The van der Waals surface area contributed by atoms with Gasteiger partial charge in [0, 0.05) is 19.1 Å². The molecule has 0 aromatic heterocycles. The second-order valence-electron chi connectivity index (χ2n) is 4.90. The van der Waals surface area contributed by atoms with Gasteiger partial charge in [0.1, 0.15) is 5.82 Å². The molecule has 18 heavy (non-hydrogen) atoms. The van der Waals surface area contributed by atoms with Gasteiger partial charge in [0.25, 0.3) is 0 Å². The van der Waals surface area contributed by atoms with Crippen molar-refractivity contribution in [3.8, 4) is 0 Å². The lowest BCUT2D eigenvalue weighted by molar-refractivity contribution is 0.609. The lowest BCUT2D eigenvalue weighted by atomic mass is 10.1. The topological polar surface area (TPSA) is 29.3 Å². The van der Waals surface area contributed by atoms with Gasteiger partial charge in [-0.15, -0.1) is 0 Å². The minimum atomic E-state index is -0.133. The Labute approximate surface area is 110 Å². The first kappa shape index (κ1) is 15.0. The number of anilines is 1. The third-order valence-electron chi connectivity index (χ3n) is 3.07. The van der Waals surface area contributed by atoms with Crippen LogP contribution in [-0.2, 0) is 6.42 Å². The van der Waals surface area contributed by atoms with E-state index in [0.29, 0.717) is 5.69 Å². The average Bonchev–Trinajstić information content (AvgIpc) is 2.31. The van der Waals surface area contributed by atoms with E-state index >= 15 is 0 Å². The predicted octanol–water partition coefficient (Wildman–Crippen LogP) is 3.34. The maximum atomic E-state index is 14.1. The average molecular weight is 252 g/mol. The number of nitrogens with zero attached hydrogens (tertiary/aromatic N) is 1. The standard InChI is InChI=1S/C15H25FN2/c1-4-6-9-18(5-2)15-8-7-13(10-12(3)17)11-14(15)16/h7-8,11-12H,4-6,9-10,17H2,1-3H3. The summed E-state index contributed by atoms with van der Waals surface area (Å²) < 4.78 is 14.1. The summed E-state index contributed by atoms with van der Waals surface area (Å²) in [6.07, 6.45) is 2.94. The lowest BCUT2D eigenvalue weighted by Crippen LogP contribution is -2.25. The molecular formula is C15H25FN2. The summed E-state index contributed by atoms with van der Waals surface area (Å²) in [4.78, 5) is 2.09. The highest BCUT2D eigenvalue weighted by Crippen LogP contribution is 2.21. The van der Waals surface area contributed by atoms with Crippen LogP contribution in [0.5, 0.6) is 0 Å². The van der Waals surface area contributed by atoms with Gasteiger partial charge in [0.2, 0.25) is 0 Å². The molecule has 0 bridgehead atoms. The number of benzene rings is 1. The number of halogens is 1. The molecule has 0 aliphatic rings. The summed E-state index contributed by atoms with van der Waals surface area (Å²) in [6, 6.07) is 5.55. The third-order valence-corrected chi connectivity index (χ3v) is 3.07. The van der Waals surface area contributed by atoms with Crippen LogP contribution >= 0.6 is 0 Å². The van der Waals surface area contributed by atoms with Gasteiger partial charge in [-0.25, -0.2) is 4.39 Å². The fourth-order valence-corrected chi connectivity index (χ4v) is 2.10. The monoisotopic (exact) mass is 252 g/mol. The highest BCUT2D eigenvalue weighted by Gasteiger charge is 2.10. The molecule has 3 heteroatoms. The SMILES string of the molecule is CCCCN(CC)c1ccc(CC(C)N)cc1F. The highest BCUT2D eigenvalue weighted by molar-refractivity contribution is 5.49. The molecule has 0 radical (unpaired) electrons. The van der Waals surface area contributed by atoms with E-state index in [0.717, 1.165) is 37.9 Å². The zero-order valence-corrected chi connectivity index (χ0v) is 11.7. The van der Waals surface area contributed by atoms with Crippen molar-refractivity contribution in [2.45, 2.75) is 46.1 Å². The molecule has 0 aliphatic carbocycles. The first-order valence-corrected chi connectivity index (χ1v) is 6.87. The van der Waals surface area contributed by atoms with Crippen molar-refractivity contribution in [2.75, 3.05) is 18.0 Å². The Balaban J connectivity index is 2.82. The van der Waals surface area contributed by atoms with Crippen LogP contribution in [0, 0.1) is 5.82 Å². The molecule has 102 valence electrons. The van der Waals surface area contributed by atoms with Gasteiger partial charge in [-0.3, -0.25) is 0 Å². The van der Waals surface area contributed by atoms with E-state index in [-0.39, 0.29) is 11.9 Å². The molecule has 1 aromatic carbocycles. The molecule has 2 N–H and O–H groups in total. The summed E-state index contributed by atoms with van der Waals surface area (Å²) >= 11 is 0. The maximum Gasteiger partial charge on any atom is 0.146 e. The molecule has 0 aliphatic heterocycles. The first-order valence-electron chi connectivity index (χ1n) is 6.87. The van der Waals surface area contributed by atoms with E-state index in [9.17, 15) is 4.39 Å². The summed E-state index contributed by atoms with van der Waals surface area (Å²) in [7, 11) is 0. The summed E-state index contributed by atoms with van der Waals surface area (Å²) in [5.74, 6) is -0.133. The molecule has 2 nitrogen and oxygen atoms in total. The van der Waals surface area contributed by atoms with Crippen LogP contribution in [0.2, 0.25) is 0 Å². The van der Waals surface area contributed by atoms with E-state index in [2.05, 4.69) is 18.7 Å². The van der Waals surface area contributed by atoms with E-state index < -0.39 is 0 Å². The van der Waals surface area contributed by atoms with Crippen molar-refractivity contribution in [3.63, 3.8) is 0 Å². The van der Waals surface area contributed by atoms with Crippen molar-refractivity contribution < 1.29 is 4.39 Å². The number of rotatable bonds is 7. The van der Waals surface area contributed by atoms with Gasteiger partial charge in [-0.1, -0.05) is 19.4 Å². The van der Waals surface area contributed by atoms with Gasteiger partial charge in [-0.05, 0) is 44.4 Å². The van der Waals surface area contributed by atoms with Crippen molar-refractivity contribution in [2.24, 2.45) is 5.73 Å². The minimum absolute atomic E-state index is 0.0672. The van der Waals surface area contributed by atoms with E-state index in [1.807, 2.05) is 19.1 Å². The van der Waals surface area contributed by atoms with Crippen LogP contribution in [0.25, 0.3) is 0 Å². The molecule has 1 aromatic rings. The Morgan fingerprint density at radius 2 is 2.06 bits per heavy atom. The van der Waals surface area contributed by atoms with Crippen LogP contribution in [0.3, 0.4) is 0 Å². The summed E-state index contributed by atoms with van der Waals surface area (Å²) in [5.41, 5.74) is 7.41. The predicted molar refractivity (Wildman–Crippen MR) is 76.5 cm³/mol. The third kappa shape index (κ3) is 4.30. The zero-order chi connectivity index (χ0) is 13.5. The Hall–Kier alpha value is -1.09. The van der Waals surface area contributed by atoms with Gasteiger partial charge in [-0.2, -0.15) is 0 Å². The smallest absolute Gasteiger partial charge is 0.146 e. The van der Waals surface area contributed by atoms with Crippen LogP contribution in [-0.4, -0.2) is 19.1 Å². The molecular weight excluding hydrogens is 227 g/mol. The fraction of sp³-hybridized carbons (Fsp3) is 0.600. The first-order chi connectivity index (χ1) is 8.58. The molecule has 0 saturated heterocycles.